The normalized spacial score (nSPS) is 11.5. The van der Waals surface area contributed by atoms with Gasteiger partial charge in [-0.25, -0.2) is 4.98 Å². The second-order valence-electron chi connectivity index (χ2n) is 9.78. The molecule has 1 aromatic heterocycles. The van der Waals surface area contributed by atoms with E-state index < -0.39 is 51.4 Å². The number of halogens is 3. The number of amides is 1. The number of ether oxygens (including phenoxy) is 2. The van der Waals surface area contributed by atoms with Gasteiger partial charge in [0.2, 0.25) is 5.75 Å². The number of hydrogen-bond acceptors (Lipinski definition) is 9. The molecule has 1 amide bonds. The Morgan fingerprint density at radius 3 is 2.09 bits per heavy atom. The van der Waals surface area contributed by atoms with Crippen molar-refractivity contribution in [1.29, 1.82) is 0 Å². The Bertz CT molecular complexity index is 1740. The van der Waals surface area contributed by atoms with Crippen LogP contribution in [0.5, 0.6) is 11.6 Å². The first-order chi connectivity index (χ1) is 22.0. The zero-order valence-electron chi connectivity index (χ0n) is 24.6. The van der Waals surface area contributed by atoms with Gasteiger partial charge >= 0.3 is 21.6 Å². The van der Waals surface area contributed by atoms with Gasteiger partial charge in [-0.1, -0.05) is 84.9 Å². The summed E-state index contributed by atoms with van der Waals surface area (Å²) < 4.78 is 78.9. The fraction of sp³-hybridized carbons (Fsp3) is 0.250. The first-order valence-electron chi connectivity index (χ1n) is 14.1. The molecule has 0 spiro atoms. The average molecular weight is 658 g/mol. The molecular formula is C32H30F3N3O7S. The van der Waals surface area contributed by atoms with E-state index in [1.165, 1.54) is 0 Å². The molecule has 0 atom stereocenters. The fourth-order valence-corrected chi connectivity index (χ4v) is 4.62. The van der Waals surface area contributed by atoms with Gasteiger partial charge in [-0.3, -0.25) is 9.59 Å². The van der Waals surface area contributed by atoms with Crippen LogP contribution in [-0.4, -0.2) is 48.9 Å². The number of hydrogen-bond donors (Lipinski definition) is 1. The van der Waals surface area contributed by atoms with Crippen molar-refractivity contribution < 1.29 is 44.8 Å². The topological polar surface area (TPSA) is 134 Å². The molecule has 0 saturated carbocycles. The molecule has 0 bridgehead atoms. The van der Waals surface area contributed by atoms with Gasteiger partial charge < -0.3 is 19.0 Å². The fourth-order valence-electron chi connectivity index (χ4n) is 4.20. The molecule has 0 aliphatic rings. The summed E-state index contributed by atoms with van der Waals surface area (Å²) in [7, 11) is -6.22. The van der Waals surface area contributed by atoms with Crippen LogP contribution in [0.15, 0.2) is 84.9 Å². The number of benzene rings is 3. The van der Waals surface area contributed by atoms with Crippen molar-refractivity contribution in [3.63, 3.8) is 0 Å². The highest BCUT2D eigenvalue weighted by molar-refractivity contribution is 7.88. The predicted molar refractivity (Wildman–Crippen MR) is 161 cm³/mol. The predicted octanol–water partition coefficient (Wildman–Crippen LogP) is 5.42. The summed E-state index contributed by atoms with van der Waals surface area (Å²) in [5.74, 6) is -3.89. The lowest BCUT2D eigenvalue weighted by atomic mass is 10.0. The lowest BCUT2D eigenvalue weighted by molar-refractivity contribution is -0.141. The summed E-state index contributed by atoms with van der Waals surface area (Å²) >= 11 is 0. The van der Waals surface area contributed by atoms with Crippen molar-refractivity contribution in [2.75, 3.05) is 13.2 Å². The number of alkyl halides is 3. The van der Waals surface area contributed by atoms with Gasteiger partial charge in [-0.05, 0) is 42.0 Å². The van der Waals surface area contributed by atoms with Crippen LogP contribution in [0.2, 0.25) is 0 Å². The second-order valence-corrected chi connectivity index (χ2v) is 11.3. The van der Waals surface area contributed by atoms with Crippen molar-refractivity contribution in [3.05, 3.63) is 108 Å². The Morgan fingerprint density at radius 1 is 0.826 bits per heavy atom. The highest BCUT2D eigenvalue weighted by Gasteiger charge is 2.49. The maximum absolute atomic E-state index is 13.3. The standard InChI is InChI=1S/C32H30F3N3O7S/c1-2-43-27(39)20-36-30(40)28-29(44-21-23-10-5-3-6-11-23)31(45-46(41,42)32(33,34)35)38-26(37-28)15-9-12-22-16-18-25(19-17-22)24-13-7-4-8-14-24/h3-8,10-11,13-14,16-19H,2,9,12,15,20-21H2,1H3,(H,36,40). The Hall–Kier alpha value is -4.98. The minimum absolute atomic E-state index is 0.0278. The third-order valence-electron chi connectivity index (χ3n) is 6.42. The first kappa shape index (κ1) is 33.9. The molecule has 1 N–H and O–H groups in total. The van der Waals surface area contributed by atoms with E-state index in [0.717, 1.165) is 16.7 Å². The van der Waals surface area contributed by atoms with E-state index in [2.05, 4.69) is 19.5 Å². The van der Waals surface area contributed by atoms with Gasteiger partial charge in [0.15, 0.2) is 5.69 Å². The van der Waals surface area contributed by atoms with Crippen molar-refractivity contribution in [1.82, 2.24) is 15.3 Å². The van der Waals surface area contributed by atoms with Crippen LogP contribution in [0.25, 0.3) is 11.1 Å². The zero-order chi connectivity index (χ0) is 33.2. The number of carbonyl (C=O) groups is 2. The smallest absolute Gasteiger partial charge is 0.481 e. The molecule has 46 heavy (non-hydrogen) atoms. The molecule has 0 saturated heterocycles. The minimum atomic E-state index is -6.22. The van der Waals surface area contributed by atoms with Crippen LogP contribution in [-0.2, 0) is 39.1 Å². The van der Waals surface area contributed by atoms with Crippen molar-refractivity contribution in [2.24, 2.45) is 0 Å². The maximum Gasteiger partial charge on any atom is 0.534 e. The molecule has 0 aliphatic heterocycles. The van der Waals surface area contributed by atoms with E-state index in [0.29, 0.717) is 18.4 Å². The third kappa shape index (κ3) is 9.27. The maximum atomic E-state index is 13.3. The first-order valence-corrected chi connectivity index (χ1v) is 15.5. The number of nitrogens with one attached hydrogen (secondary N) is 1. The Labute approximate surface area is 263 Å². The summed E-state index contributed by atoms with van der Waals surface area (Å²) in [6, 6.07) is 25.9. The average Bonchev–Trinajstić information content (AvgIpc) is 3.03. The van der Waals surface area contributed by atoms with Gasteiger partial charge in [0, 0.05) is 6.42 Å². The van der Waals surface area contributed by atoms with Crippen molar-refractivity contribution in [2.45, 2.75) is 38.3 Å². The van der Waals surface area contributed by atoms with Crippen LogP contribution in [0.3, 0.4) is 0 Å². The Kier molecular flexibility index (Phi) is 11.3. The number of rotatable bonds is 14. The van der Waals surface area contributed by atoms with E-state index >= 15 is 0 Å². The van der Waals surface area contributed by atoms with E-state index in [-0.39, 0.29) is 25.5 Å². The summed E-state index contributed by atoms with van der Waals surface area (Å²) in [5, 5.41) is 2.26. The number of aryl methyl sites for hydroxylation is 2. The van der Waals surface area contributed by atoms with Crippen LogP contribution < -0.4 is 14.2 Å². The number of carbonyl (C=O) groups excluding carboxylic acids is 2. The van der Waals surface area contributed by atoms with Gasteiger partial charge in [-0.2, -0.15) is 26.6 Å². The Balaban J connectivity index is 1.63. The summed E-state index contributed by atoms with van der Waals surface area (Å²) in [4.78, 5) is 33.2. The highest BCUT2D eigenvalue weighted by Crippen LogP contribution is 2.34. The largest absolute Gasteiger partial charge is 0.534 e. The summed E-state index contributed by atoms with van der Waals surface area (Å²) in [5.41, 5.74) is -2.87. The van der Waals surface area contributed by atoms with Gasteiger partial charge in [0.05, 0.1) is 6.61 Å². The number of aromatic nitrogens is 2. The molecular weight excluding hydrogens is 627 g/mol. The second kappa shape index (κ2) is 15.3. The van der Waals surface area contributed by atoms with Gasteiger partial charge in [-0.15, -0.1) is 0 Å². The Morgan fingerprint density at radius 2 is 1.46 bits per heavy atom. The lowest BCUT2D eigenvalue weighted by Gasteiger charge is -2.17. The molecule has 0 aliphatic carbocycles. The van der Waals surface area contributed by atoms with Crippen molar-refractivity contribution in [3.8, 4) is 22.8 Å². The lowest BCUT2D eigenvalue weighted by Crippen LogP contribution is -2.32. The molecule has 14 heteroatoms. The molecule has 1 heterocycles. The molecule has 4 aromatic rings. The SMILES string of the molecule is CCOC(=O)CNC(=O)c1nc(CCCc2ccc(-c3ccccc3)cc2)nc(OS(=O)(=O)C(F)(F)F)c1OCc1ccccc1. The van der Waals surface area contributed by atoms with Crippen LogP contribution in [0.1, 0.15) is 40.8 Å². The quantitative estimate of drug-likeness (QED) is 0.107. The molecule has 10 nitrogen and oxygen atoms in total. The number of esters is 1. The highest BCUT2D eigenvalue weighted by atomic mass is 32.2. The molecule has 3 aromatic carbocycles. The van der Waals surface area contributed by atoms with Gasteiger partial charge in [0.25, 0.3) is 11.8 Å². The van der Waals surface area contributed by atoms with E-state index in [9.17, 15) is 31.2 Å². The van der Waals surface area contributed by atoms with Crippen molar-refractivity contribution >= 4 is 22.0 Å². The zero-order valence-corrected chi connectivity index (χ0v) is 25.4. The molecule has 0 unspecified atom stereocenters. The molecule has 0 radical (unpaired) electrons. The third-order valence-corrected chi connectivity index (χ3v) is 7.36. The monoisotopic (exact) mass is 657 g/mol. The van der Waals surface area contributed by atoms with E-state index in [1.807, 2.05) is 54.6 Å². The molecule has 4 rings (SSSR count). The van der Waals surface area contributed by atoms with E-state index in [1.54, 1.807) is 37.3 Å². The van der Waals surface area contributed by atoms with E-state index in [4.69, 9.17) is 9.47 Å². The van der Waals surface area contributed by atoms with Gasteiger partial charge in [0.1, 0.15) is 19.0 Å². The number of nitrogens with zero attached hydrogens (tertiary/aromatic N) is 2. The minimum Gasteiger partial charge on any atom is -0.481 e. The molecule has 242 valence electrons. The molecule has 0 fully saturated rings. The summed E-state index contributed by atoms with van der Waals surface area (Å²) in [6.07, 6.45) is 0.913. The van der Waals surface area contributed by atoms with Crippen LogP contribution in [0.4, 0.5) is 13.2 Å². The van der Waals surface area contributed by atoms with Crippen LogP contribution >= 0.6 is 0 Å². The van der Waals surface area contributed by atoms with Crippen LogP contribution in [0, 0.1) is 0 Å². The summed E-state index contributed by atoms with van der Waals surface area (Å²) in [6.45, 7) is 0.706.